The summed E-state index contributed by atoms with van der Waals surface area (Å²) in [5.74, 6) is 0.620. The van der Waals surface area contributed by atoms with Crippen LogP contribution in [-0.2, 0) is 22.6 Å². The first-order valence-electron chi connectivity index (χ1n) is 9.06. The first-order valence-corrected chi connectivity index (χ1v) is 9.06. The van der Waals surface area contributed by atoms with Gasteiger partial charge in [-0.3, -0.25) is 14.6 Å². The molecule has 0 aliphatic carbocycles. The molecule has 2 rings (SSSR count). The number of ether oxygens (including phenoxy) is 2. The third kappa shape index (κ3) is 5.45. The quantitative estimate of drug-likeness (QED) is 0.645. The van der Waals surface area contributed by atoms with Gasteiger partial charge < -0.3 is 20.1 Å². The summed E-state index contributed by atoms with van der Waals surface area (Å²) >= 11 is 0. The summed E-state index contributed by atoms with van der Waals surface area (Å²) in [4.78, 5) is 29.1. The Kier molecular flexibility index (Phi) is 7.37. The van der Waals surface area contributed by atoms with Crippen molar-refractivity contribution in [3.8, 4) is 11.5 Å². The lowest BCUT2D eigenvalue weighted by Gasteiger charge is -2.22. The number of aromatic nitrogens is 1. The molecule has 1 aromatic carbocycles. The minimum Gasteiger partial charge on any atom is -0.493 e. The molecule has 0 saturated heterocycles. The SMILES string of the molecule is COc1ccc(CCNC(=O)C(C)(C)C(=O)NCc2ccccn2)cc1OC. The Morgan fingerprint density at radius 3 is 2.36 bits per heavy atom. The largest absolute Gasteiger partial charge is 0.493 e. The predicted molar refractivity (Wildman–Crippen MR) is 106 cm³/mol. The van der Waals surface area contributed by atoms with Crippen molar-refractivity contribution in [2.75, 3.05) is 20.8 Å². The van der Waals surface area contributed by atoms with Crippen molar-refractivity contribution in [1.82, 2.24) is 15.6 Å². The van der Waals surface area contributed by atoms with Gasteiger partial charge in [0.15, 0.2) is 11.5 Å². The van der Waals surface area contributed by atoms with Crippen LogP contribution in [0, 0.1) is 5.41 Å². The standard InChI is InChI=1S/C21H27N3O4/c1-21(2,20(26)24-14-16-7-5-6-11-22-16)19(25)23-12-10-15-8-9-17(27-3)18(13-15)28-4/h5-9,11,13H,10,12,14H2,1-4H3,(H,23,25)(H,24,26). The van der Waals surface area contributed by atoms with Crippen LogP contribution >= 0.6 is 0 Å². The van der Waals surface area contributed by atoms with Crippen molar-refractivity contribution in [2.45, 2.75) is 26.8 Å². The molecule has 2 N–H and O–H groups in total. The summed E-state index contributed by atoms with van der Waals surface area (Å²) in [5, 5.41) is 5.59. The minimum absolute atomic E-state index is 0.280. The number of carbonyl (C=O) groups is 2. The van der Waals surface area contributed by atoms with Crippen molar-refractivity contribution in [1.29, 1.82) is 0 Å². The Labute approximate surface area is 165 Å². The van der Waals surface area contributed by atoms with Gasteiger partial charge in [-0.1, -0.05) is 12.1 Å². The summed E-state index contributed by atoms with van der Waals surface area (Å²) in [6, 6.07) is 11.1. The highest BCUT2D eigenvalue weighted by molar-refractivity contribution is 6.04. The summed E-state index contributed by atoms with van der Waals surface area (Å²) in [6.45, 7) is 3.90. The van der Waals surface area contributed by atoms with Crippen LogP contribution in [0.5, 0.6) is 11.5 Å². The van der Waals surface area contributed by atoms with E-state index in [0.717, 1.165) is 11.3 Å². The van der Waals surface area contributed by atoms with Gasteiger partial charge in [0.2, 0.25) is 11.8 Å². The first-order chi connectivity index (χ1) is 13.4. The Hall–Kier alpha value is -3.09. The monoisotopic (exact) mass is 385 g/mol. The van der Waals surface area contributed by atoms with E-state index in [0.29, 0.717) is 24.5 Å². The van der Waals surface area contributed by atoms with E-state index in [-0.39, 0.29) is 18.4 Å². The third-order valence-corrected chi connectivity index (χ3v) is 4.44. The van der Waals surface area contributed by atoms with E-state index >= 15 is 0 Å². The lowest BCUT2D eigenvalue weighted by atomic mass is 9.91. The molecule has 0 saturated carbocycles. The lowest BCUT2D eigenvalue weighted by molar-refractivity contribution is -0.141. The summed E-state index contributed by atoms with van der Waals surface area (Å²) in [6.07, 6.45) is 2.27. The number of hydrogen-bond acceptors (Lipinski definition) is 5. The number of rotatable bonds is 9. The fourth-order valence-corrected chi connectivity index (χ4v) is 2.58. The van der Waals surface area contributed by atoms with E-state index in [4.69, 9.17) is 9.47 Å². The van der Waals surface area contributed by atoms with Crippen LogP contribution in [0.2, 0.25) is 0 Å². The smallest absolute Gasteiger partial charge is 0.235 e. The van der Waals surface area contributed by atoms with Crippen LogP contribution in [-0.4, -0.2) is 37.6 Å². The van der Waals surface area contributed by atoms with E-state index in [1.165, 1.54) is 0 Å². The van der Waals surface area contributed by atoms with Gasteiger partial charge in [0, 0.05) is 12.7 Å². The van der Waals surface area contributed by atoms with Gasteiger partial charge >= 0.3 is 0 Å². The molecule has 0 spiro atoms. The maximum absolute atomic E-state index is 12.5. The first kappa shape index (κ1) is 21.2. The van der Waals surface area contributed by atoms with Gasteiger partial charge in [0.1, 0.15) is 5.41 Å². The van der Waals surface area contributed by atoms with Gasteiger partial charge in [-0.15, -0.1) is 0 Å². The molecular formula is C21H27N3O4. The van der Waals surface area contributed by atoms with E-state index in [9.17, 15) is 9.59 Å². The fourth-order valence-electron chi connectivity index (χ4n) is 2.58. The van der Waals surface area contributed by atoms with Crippen molar-refractivity contribution in [3.05, 3.63) is 53.9 Å². The Morgan fingerprint density at radius 1 is 1.00 bits per heavy atom. The number of pyridine rings is 1. The zero-order chi connectivity index (χ0) is 20.6. The van der Waals surface area contributed by atoms with Crippen LogP contribution in [0.4, 0.5) is 0 Å². The number of benzene rings is 1. The molecule has 0 radical (unpaired) electrons. The Morgan fingerprint density at radius 2 is 1.71 bits per heavy atom. The van der Waals surface area contributed by atoms with Crippen LogP contribution in [0.15, 0.2) is 42.6 Å². The second kappa shape index (κ2) is 9.73. The molecule has 28 heavy (non-hydrogen) atoms. The molecule has 7 heteroatoms. The molecule has 2 amide bonds. The Balaban J connectivity index is 1.86. The predicted octanol–water partition coefficient (Wildman–Crippen LogP) is 2.10. The van der Waals surface area contributed by atoms with E-state index in [2.05, 4.69) is 15.6 Å². The molecule has 0 atom stereocenters. The van der Waals surface area contributed by atoms with Crippen LogP contribution in [0.1, 0.15) is 25.1 Å². The number of carbonyl (C=O) groups excluding carboxylic acids is 2. The van der Waals surface area contributed by atoms with Crippen molar-refractivity contribution < 1.29 is 19.1 Å². The highest BCUT2D eigenvalue weighted by Gasteiger charge is 2.35. The molecular weight excluding hydrogens is 358 g/mol. The molecule has 0 aliphatic heterocycles. The average molecular weight is 385 g/mol. The Bertz CT molecular complexity index is 807. The summed E-state index contributed by atoms with van der Waals surface area (Å²) < 4.78 is 10.5. The maximum atomic E-state index is 12.5. The number of hydrogen-bond donors (Lipinski definition) is 2. The maximum Gasteiger partial charge on any atom is 0.235 e. The number of amides is 2. The zero-order valence-corrected chi connectivity index (χ0v) is 16.7. The van der Waals surface area contributed by atoms with Gasteiger partial charge in [-0.2, -0.15) is 0 Å². The molecule has 0 bridgehead atoms. The summed E-state index contributed by atoms with van der Waals surface area (Å²) in [5.41, 5.74) is 0.544. The average Bonchev–Trinajstić information content (AvgIpc) is 2.72. The van der Waals surface area contributed by atoms with Crippen LogP contribution in [0.25, 0.3) is 0 Å². The normalized spacial score (nSPS) is 10.9. The van der Waals surface area contributed by atoms with Gasteiger partial charge in [-0.05, 0) is 50.1 Å². The highest BCUT2D eigenvalue weighted by Crippen LogP contribution is 2.27. The fraction of sp³-hybridized carbons (Fsp3) is 0.381. The van der Waals surface area contributed by atoms with Crippen LogP contribution in [0.3, 0.4) is 0 Å². The molecule has 7 nitrogen and oxygen atoms in total. The third-order valence-electron chi connectivity index (χ3n) is 4.44. The molecule has 1 heterocycles. The molecule has 1 aromatic heterocycles. The molecule has 150 valence electrons. The second-order valence-electron chi connectivity index (χ2n) is 6.82. The molecule has 0 fully saturated rings. The van der Waals surface area contributed by atoms with Crippen molar-refractivity contribution >= 4 is 11.8 Å². The molecule has 0 aliphatic rings. The van der Waals surface area contributed by atoms with Crippen LogP contribution < -0.4 is 20.1 Å². The lowest BCUT2D eigenvalue weighted by Crippen LogP contribution is -2.48. The van der Waals surface area contributed by atoms with E-state index in [1.807, 2.05) is 30.3 Å². The van der Waals surface area contributed by atoms with Crippen molar-refractivity contribution in [3.63, 3.8) is 0 Å². The molecule has 2 aromatic rings. The van der Waals surface area contributed by atoms with E-state index in [1.54, 1.807) is 40.3 Å². The van der Waals surface area contributed by atoms with Gasteiger partial charge in [0.05, 0.1) is 26.5 Å². The zero-order valence-electron chi connectivity index (χ0n) is 16.7. The van der Waals surface area contributed by atoms with Gasteiger partial charge in [0.25, 0.3) is 0 Å². The van der Waals surface area contributed by atoms with E-state index < -0.39 is 5.41 Å². The van der Waals surface area contributed by atoms with Gasteiger partial charge in [-0.25, -0.2) is 0 Å². The highest BCUT2D eigenvalue weighted by atomic mass is 16.5. The minimum atomic E-state index is -1.19. The molecule has 0 unspecified atom stereocenters. The van der Waals surface area contributed by atoms with Crippen molar-refractivity contribution in [2.24, 2.45) is 5.41 Å². The second-order valence-corrected chi connectivity index (χ2v) is 6.82. The topological polar surface area (TPSA) is 89.5 Å². The number of nitrogens with zero attached hydrogens (tertiary/aromatic N) is 1. The number of nitrogens with one attached hydrogen (secondary N) is 2. The number of methoxy groups -OCH3 is 2. The summed E-state index contributed by atoms with van der Waals surface area (Å²) in [7, 11) is 3.16.